The summed E-state index contributed by atoms with van der Waals surface area (Å²) in [5.74, 6) is -0.832. The second kappa shape index (κ2) is 8.07. The van der Waals surface area contributed by atoms with E-state index >= 15 is 0 Å². The maximum Gasteiger partial charge on any atom is 0.354 e. The maximum atomic E-state index is 14.4. The van der Waals surface area contributed by atoms with Gasteiger partial charge in [0.2, 0.25) is 17.0 Å². The van der Waals surface area contributed by atoms with E-state index < -0.39 is 11.5 Å². The molecule has 5 N–H and O–H groups in total. The molecule has 6 rings (SSSR count). The van der Waals surface area contributed by atoms with Crippen LogP contribution < -0.4 is 11.4 Å². The molecule has 2 aliphatic heterocycles. The Kier molecular flexibility index (Phi) is 5.00. The van der Waals surface area contributed by atoms with Gasteiger partial charge in [-0.05, 0) is 23.8 Å². The van der Waals surface area contributed by atoms with Crippen molar-refractivity contribution in [3.8, 4) is 5.88 Å². The molecule has 10 nitrogen and oxygen atoms in total. The normalized spacial score (nSPS) is 20.8. The van der Waals surface area contributed by atoms with Crippen LogP contribution in [0.15, 0.2) is 65.8 Å². The van der Waals surface area contributed by atoms with Gasteiger partial charge in [0.05, 0.1) is 31.4 Å². The molecule has 4 aromatic rings. The van der Waals surface area contributed by atoms with E-state index in [4.69, 9.17) is 11.1 Å². The number of H-pyrrole nitrogens is 1. The first-order chi connectivity index (χ1) is 18.2. The molecule has 0 bridgehead atoms. The number of benzene rings is 2. The molecule has 2 aromatic carbocycles. The fourth-order valence-corrected chi connectivity index (χ4v) is 5.89. The highest BCUT2D eigenvalue weighted by Crippen LogP contribution is 2.47. The number of hydrogen-bond donors (Lipinski definition) is 4. The van der Waals surface area contributed by atoms with Crippen LogP contribution in [-0.2, 0) is 18.9 Å². The van der Waals surface area contributed by atoms with Gasteiger partial charge in [-0.15, -0.1) is 0 Å². The van der Waals surface area contributed by atoms with E-state index in [0.717, 1.165) is 33.3 Å². The average molecular weight is 510 g/mol. The van der Waals surface area contributed by atoms with Gasteiger partial charge in [-0.3, -0.25) is 25.5 Å². The minimum absolute atomic E-state index is 0.0938. The lowest BCUT2D eigenvalue weighted by Gasteiger charge is -2.33. The first-order valence-corrected chi connectivity index (χ1v) is 12.2. The summed E-state index contributed by atoms with van der Waals surface area (Å²) in [6.07, 6.45) is 5.54. The van der Waals surface area contributed by atoms with E-state index in [1.165, 1.54) is 9.47 Å². The van der Waals surface area contributed by atoms with Gasteiger partial charge in [-0.25, -0.2) is 9.48 Å². The highest BCUT2D eigenvalue weighted by molar-refractivity contribution is 6.18. The highest BCUT2D eigenvalue weighted by Gasteiger charge is 2.61. The van der Waals surface area contributed by atoms with Crippen molar-refractivity contribution in [2.45, 2.75) is 11.5 Å². The molecule has 38 heavy (non-hydrogen) atoms. The van der Waals surface area contributed by atoms with E-state index in [1.54, 1.807) is 43.5 Å². The molecule has 0 unspecified atom stereocenters. The number of para-hydroxylation sites is 2. The molecule has 1 amide bonds. The summed E-state index contributed by atoms with van der Waals surface area (Å²) >= 11 is 0. The van der Waals surface area contributed by atoms with Crippen molar-refractivity contribution in [1.82, 2.24) is 19.0 Å². The summed E-state index contributed by atoms with van der Waals surface area (Å²) in [6, 6.07) is 15.6. The molecule has 0 radical (unpaired) electrons. The zero-order chi connectivity index (χ0) is 26.9. The third-order valence-electron chi connectivity index (χ3n) is 8.01. The lowest BCUT2D eigenvalue weighted by Crippen LogP contribution is -2.51. The number of aliphatic imine (C=N–C) groups is 1. The van der Waals surface area contributed by atoms with Crippen LogP contribution in [0.1, 0.15) is 22.7 Å². The number of likely N-dealkylation sites (N-methyl/N-ethyl adjacent to an activating group) is 2. The first kappa shape index (κ1) is 23.5. The predicted molar refractivity (Wildman–Crippen MR) is 145 cm³/mol. The number of allylic oxidation sites excluding steroid dienone is 1. The van der Waals surface area contributed by atoms with Crippen molar-refractivity contribution in [1.29, 1.82) is 5.41 Å². The summed E-state index contributed by atoms with van der Waals surface area (Å²) in [4.78, 5) is 23.8. The number of nitrogens with one attached hydrogen (secondary N) is 2. The van der Waals surface area contributed by atoms with Gasteiger partial charge in [-0.2, -0.15) is 0 Å². The van der Waals surface area contributed by atoms with Crippen LogP contribution in [0.25, 0.3) is 16.5 Å². The lowest BCUT2D eigenvalue weighted by atomic mass is 9.74. The van der Waals surface area contributed by atoms with Crippen LogP contribution >= 0.6 is 0 Å². The predicted octanol–water partition coefficient (Wildman–Crippen LogP) is 2.13. The number of guanidine groups is 1. The third kappa shape index (κ3) is 2.94. The number of hydrogen-bond acceptors (Lipinski definition) is 5. The standard InChI is InChI=1S/C28H28N8O2/c1-33-23(24(37)34(2)26(33)29)22(19-15-32-21-12-8-6-10-18(19)21)28(25(38)35(3)27(30)36(28)4)13-16-14-31-20-11-7-5-9-17(16)20/h5-15,22,29-30,32,37H,1-4H3/p+1/b16-13+,29-26?/t22-,28-/m0/s1. The van der Waals surface area contributed by atoms with Gasteiger partial charge < -0.3 is 14.7 Å². The Hall–Kier alpha value is -4.86. The van der Waals surface area contributed by atoms with Crippen LogP contribution in [0.4, 0.5) is 5.69 Å². The molecule has 2 aliphatic rings. The Balaban J connectivity index is 1.76. The second-order valence-electron chi connectivity index (χ2n) is 9.85. The van der Waals surface area contributed by atoms with E-state index in [9.17, 15) is 9.90 Å². The van der Waals surface area contributed by atoms with Gasteiger partial charge in [0, 0.05) is 48.5 Å². The van der Waals surface area contributed by atoms with E-state index in [1.807, 2.05) is 60.8 Å². The molecular formula is C28H29N8O2+. The Labute approximate surface area is 218 Å². The number of carbonyl (C=O) groups is 1. The van der Waals surface area contributed by atoms with Crippen LogP contribution in [-0.4, -0.2) is 66.4 Å². The van der Waals surface area contributed by atoms with Gasteiger partial charge in [0.25, 0.3) is 0 Å². The number of rotatable bonds is 4. The third-order valence-corrected chi connectivity index (χ3v) is 8.01. The van der Waals surface area contributed by atoms with E-state index in [0.29, 0.717) is 5.69 Å². The summed E-state index contributed by atoms with van der Waals surface area (Å²) in [5.41, 5.74) is 9.82. The van der Waals surface area contributed by atoms with E-state index in [-0.39, 0.29) is 23.4 Å². The number of imidazole rings is 1. The maximum absolute atomic E-state index is 14.4. The van der Waals surface area contributed by atoms with Crippen molar-refractivity contribution in [3.63, 3.8) is 0 Å². The summed E-state index contributed by atoms with van der Waals surface area (Å²) in [6.45, 7) is 0. The minimum atomic E-state index is -1.40. The van der Waals surface area contributed by atoms with Gasteiger partial charge in [0.15, 0.2) is 0 Å². The highest BCUT2D eigenvalue weighted by atomic mass is 16.3. The van der Waals surface area contributed by atoms with Crippen molar-refractivity contribution in [2.75, 3.05) is 14.1 Å². The molecule has 2 atom stereocenters. The number of amides is 1. The Morgan fingerprint density at radius 2 is 1.84 bits per heavy atom. The number of nitrogens with two attached hydrogens (primary N) is 1. The lowest BCUT2D eigenvalue weighted by molar-refractivity contribution is -0.551. The Morgan fingerprint density at radius 3 is 2.53 bits per heavy atom. The number of fused-ring (bicyclic) bond motifs is 2. The molecule has 0 spiro atoms. The molecule has 0 saturated heterocycles. The Morgan fingerprint density at radius 1 is 1.13 bits per heavy atom. The summed E-state index contributed by atoms with van der Waals surface area (Å²) in [7, 11) is 6.79. The fraction of sp³-hybridized carbons (Fsp3) is 0.214. The van der Waals surface area contributed by atoms with Crippen LogP contribution in [0.3, 0.4) is 0 Å². The molecule has 0 aliphatic carbocycles. The molecular weight excluding hydrogens is 480 g/mol. The zero-order valence-electron chi connectivity index (χ0n) is 21.6. The van der Waals surface area contributed by atoms with Crippen molar-refractivity contribution in [3.05, 3.63) is 83.2 Å². The number of aromatic hydroxyl groups is 1. The van der Waals surface area contributed by atoms with Gasteiger partial charge in [-0.1, -0.05) is 36.4 Å². The number of nitrogens with zero attached hydrogens (tertiary/aromatic N) is 5. The molecule has 4 heterocycles. The first-order valence-electron chi connectivity index (χ1n) is 12.2. The van der Waals surface area contributed by atoms with Crippen molar-refractivity contribution >= 4 is 40.2 Å². The van der Waals surface area contributed by atoms with Crippen molar-refractivity contribution < 1.29 is 14.5 Å². The topological polar surface area (TPSA) is 131 Å². The molecule has 2 aromatic heterocycles. The van der Waals surface area contributed by atoms with Crippen LogP contribution in [0.5, 0.6) is 5.88 Å². The molecule has 0 fully saturated rings. The van der Waals surface area contributed by atoms with E-state index in [2.05, 4.69) is 9.98 Å². The van der Waals surface area contributed by atoms with Crippen LogP contribution in [0.2, 0.25) is 0 Å². The second-order valence-corrected chi connectivity index (χ2v) is 9.85. The van der Waals surface area contributed by atoms with Gasteiger partial charge >= 0.3 is 11.9 Å². The van der Waals surface area contributed by atoms with Crippen LogP contribution in [0, 0.1) is 5.41 Å². The smallest absolute Gasteiger partial charge is 0.354 e. The minimum Gasteiger partial charge on any atom is -0.493 e. The zero-order valence-corrected chi connectivity index (χ0v) is 21.6. The molecule has 0 saturated carbocycles. The van der Waals surface area contributed by atoms with Crippen molar-refractivity contribution in [2.24, 2.45) is 24.8 Å². The number of carbonyl (C=O) groups excluding carboxylic acids is 1. The molecule has 192 valence electrons. The quantitative estimate of drug-likeness (QED) is 0.314. The SMILES string of the molecule is CN1C(=O)[C@](/C=C2\C=Nc3ccccc32)([C@@H](c2c[nH]c3ccccc23)c2c(O)n(C)c(=N)n2C)[N+](C)=C1N. The summed E-state index contributed by atoms with van der Waals surface area (Å²) < 4.78 is 4.79. The fourth-order valence-electron chi connectivity index (χ4n) is 5.89. The molecule has 10 heteroatoms. The van der Waals surface area contributed by atoms with Gasteiger partial charge in [0.1, 0.15) is 0 Å². The monoisotopic (exact) mass is 509 g/mol. The average Bonchev–Trinajstić information content (AvgIpc) is 3.63. The summed E-state index contributed by atoms with van der Waals surface area (Å²) in [5, 5.41) is 20.9. The number of aromatic amines is 1. The Bertz CT molecular complexity index is 1800. The largest absolute Gasteiger partial charge is 0.493 e. The number of aromatic nitrogens is 3.